The van der Waals surface area contributed by atoms with Crippen LogP contribution in [-0.4, -0.2) is 70.3 Å². The first-order valence-corrected chi connectivity index (χ1v) is 19.8. The molecule has 2 aliphatic rings. The number of aryl methyl sites for hydroxylation is 1. The molecule has 10 nitrogen and oxygen atoms in total. The van der Waals surface area contributed by atoms with Crippen molar-refractivity contribution >= 4 is 43.9 Å². The molecule has 3 heterocycles. The zero-order valence-corrected chi connectivity index (χ0v) is 31.6. The van der Waals surface area contributed by atoms with Crippen LogP contribution in [0, 0.1) is 17.6 Å². The molecule has 56 heavy (non-hydrogen) atoms. The maximum Gasteiger partial charge on any atom is 0.435 e. The van der Waals surface area contributed by atoms with Crippen molar-refractivity contribution in [3.63, 3.8) is 0 Å². The van der Waals surface area contributed by atoms with Crippen LogP contribution in [0.25, 0.3) is 22.0 Å². The van der Waals surface area contributed by atoms with E-state index in [-0.39, 0.29) is 48.0 Å². The highest BCUT2D eigenvalue weighted by Gasteiger charge is 2.68. The zero-order chi connectivity index (χ0) is 40.6. The third-order valence-corrected chi connectivity index (χ3v) is 11.3. The highest BCUT2D eigenvalue weighted by molar-refractivity contribution is 7.89. The summed E-state index contributed by atoms with van der Waals surface area (Å²) in [4.78, 5) is 20.5. The number of hydrogen-bond donors (Lipinski definition) is 1. The molecule has 1 N–H and O–H groups in total. The minimum absolute atomic E-state index is 0.0883. The monoisotopic (exact) mass is 826 g/mol. The molecule has 19 heteroatoms. The Balaban J connectivity index is 1.38. The van der Waals surface area contributed by atoms with Gasteiger partial charge >= 0.3 is 6.18 Å². The number of rotatable bonds is 13. The Labute approximate surface area is 320 Å². The maximum atomic E-state index is 15.4. The number of carbonyl (C=O) groups is 1. The average Bonchev–Trinajstić information content (AvgIpc) is 3.62. The molecule has 0 aliphatic heterocycles. The molecule has 0 amide bonds. The first kappa shape index (κ1) is 39.7. The van der Waals surface area contributed by atoms with Gasteiger partial charge in [-0.3, -0.25) is 14.2 Å². The van der Waals surface area contributed by atoms with Crippen molar-refractivity contribution in [2.45, 2.75) is 55.5 Å². The lowest BCUT2D eigenvalue weighted by Gasteiger charge is -2.24. The van der Waals surface area contributed by atoms with Gasteiger partial charge in [-0.1, -0.05) is 17.7 Å². The van der Waals surface area contributed by atoms with Crippen LogP contribution in [0.15, 0.2) is 42.5 Å². The van der Waals surface area contributed by atoms with Crippen molar-refractivity contribution in [1.82, 2.24) is 24.5 Å². The van der Waals surface area contributed by atoms with Gasteiger partial charge in [-0.05, 0) is 54.7 Å². The predicted molar refractivity (Wildman–Crippen MR) is 192 cm³/mol. The Hall–Kier alpha value is -4.55. The lowest BCUT2D eigenvalue weighted by Crippen LogP contribution is -2.25. The van der Waals surface area contributed by atoms with Crippen molar-refractivity contribution in [3.05, 3.63) is 93.0 Å². The predicted octanol–water partition coefficient (Wildman–Crippen LogP) is 6.95. The van der Waals surface area contributed by atoms with E-state index in [4.69, 9.17) is 16.6 Å². The van der Waals surface area contributed by atoms with Gasteiger partial charge in [0.25, 0.3) is 5.92 Å². The Morgan fingerprint density at radius 2 is 1.77 bits per heavy atom. The number of pyridine rings is 1. The standard InChI is InChI=1S/C37H34ClF7N6O4S/c1-49(8-9-52)29-7-5-23(24-4-6-27(38)31-28(17-56(3,54)55)47-50(2)33(24)31)32(46-29)19(10-18-11-20(39)14-21(40)12-18)13-22(53)16-51-35-30(34(48-51)37(43,44)45)25-15-26(25)36(35,41)42/h4-7,11-12,14,19,25-26,52H,8-10,13,15-17H2,1-3H3/t19-,25+,26-/m1/s1. The van der Waals surface area contributed by atoms with Gasteiger partial charge in [0, 0.05) is 73.3 Å². The number of hydrogen-bond acceptors (Lipinski definition) is 8. The lowest BCUT2D eigenvalue weighted by molar-refractivity contribution is -0.142. The minimum Gasteiger partial charge on any atom is -0.395 e. The third kappa shape index (κ3) is 7.38. The second kappa shape index (κ2) is 14.1. The highest BCUT2D eigenvalue weighted by Crippen LogP contribution is 2.68. The fourth-order valence-electron chi connectivity index (χ4n) is 7.88. The van der Waals surface area contributed by atoms with E-state index in [2.05, 4.69) is 10.2 Å². The smallest absolute Gasteiger partial charge is 0.395 e. The number of nitrogens with zero attached hydrogens (tertiary/aromatic N) is 6. The number of sulfone groups is 1. The second-order valence-corrected chi connectivity index (χ2v) is 17.0. The number of alkyl halides is 5. The lowest BCUT2D eigenvalue weighted by atomic mass is 9.86. The molecular formula is C37H34ClF7N6O4S. The highest BCUT2D eigenvalue weighted by atomic mass is 35.5. The molecule has 2 aliphatic carbocycles. The largest absolute Gasteiger partial charge is 0.435 e. The van der Waals surface area contributed by atoms with Crippen molar-refractivity contribution < 1.29 is 49.1 Å². The molecule has 1 fully saturated rings. The summed E-state index contributed by atoms with van der Waals surface area (Å²) in [5.41, 5.74) is -1.45. The summed E-state index contributed by atoms with van der Waals surface area (Å²) in [6.45, 7) is -1.10. The van der Waals surface area contributed by atoms with E-state index >= 15 is 8.78 Å². The molecule has 3 atom stereocenters. The maximum absolute atomic E-state index is 15.4. The summed E-state index contributed by atoms with van der Waals surface area (Å²) in [6, 6.07) is 9.14. The minimum atomic E-state index is -5.05. The molecule has 5 aromatic rings. The molecule has 298 valence electrons. The van der Waals surface area contributed by atoms with Gasteiger partial charge in [0.1, 0.15) is 29.7 Å². The number of ketones is 1. The number of Topliss-reactive ketones (excluding diaryl/α,β-unsaturated/α-hetero) is 1. The summed E-state index contributed by atoms with van der Waals surface area (Å²) in [5.74, 6) is -9.88. The van der Waals surface area contributed by atoms with Crippen LogP contribution >= 0.6 is 11.6 Å². The van der Waals surface area contributed by atoms with E-state index in [0.717, 1.165) is 18.4 Å². The molecule has 3 aromatic heterocycles. The quantitative estimate of drug-likeness (QED) is 0.127. The van der Waals surface area contributed by atoms with Gasteiger partial charge in [0.05, 0.1) is 34.3 Å². The molecule has 0 radical (unpaired) electrons. The van der Waals surface area contributed by atoms with E-state index in [9.17, 15) is 40.3 Å². The first-order valence-electron chi connectivity index (χ1n) is 17.4. The van der Waals surface area contributed by atoms with Crippen molar-refractivity contribution in [2.24, 2.45) is 13.0 Å². The van der Waals surface area contributed by atoms with E-state index in [1.807, 2.05) is 0 Å². The van der Waals surface area contributed by atoms with Crippen LogP contribution in [-0.2, 0) is 52.5 Å². The fourth-order valence-corrected chi connectivity index (χ4v) is 8.84. The fraction of sp³-hybridized carbons (Fsp3) is 0.405. The van der Waals surface area contributed by atoms with Crippen LogP contribution in [0.5, 0.6) is 0 Å². The van der Waals surface area contributed by atoms with Gasteiger partial charge in [-0.2, -0.15) is 32.1 Å². The molecule has 7 rings (SSSR count). The van der Waals surface area contributed by atoms with Crippen molar-refractivity contribution in [2.75, 3.05) is 31.4 Å². The van der Waals surface area contributed by atoms with Crippen molar-refractivity contribution in [1.29, 1.82) is 0 Å². The van der Waals surface area contributed by atoms with Gasteiger partial charge < -0.3 is 10.0 Å². The number of fused-ring (bicyclic) bond motifs is 4. The number of halogens is 8. The Bertz CT molecular complexity index is 2480. The van der Waals surface area contributed by atoms with Crippen LogP contribution in [0.2, 0.25) is 5.02 Å². The first-order chi connectivity index (χ1) is 26.2. The number of benzene rings is 2. The van der Waals surface area contributed by atoms with E-state index in [1.54, 1.807) is 37.2 Å². The summed E-state index contributed by atoms with van der Waals surface area (Å²) < 4.78 is 129. The second-order valence-electron chi connectivity index (χ2n) is 14.5. The molecule has 0 spiro atoms. The normalized spacial score (nSPS) is 17.9. The number of aromatic nitrogens is 5. The van der Waals surface area contributed by atoms with Gasteiger partial charge in [0.15, 0.2) is 21.3 Å². The van der Waals surface area contributed by atoms with Gasteiger partial charge in [0.2, 0.25) is 0 Å². The van der Waals surface area contributed by atoms with E-state index < -0.39 is 92.8 Å². The average molecular weight is 827 g/mol. The van der Waals surface area contributed by atoms with Crippen molar-refractivity contribution in [3.8, 4) is 11.1 Å². The van der Waals surface area contributed by atoms with Crippen LogP contribution in [0.4, 0.5) is 36.6 Å². The summed E-state index contributed by atoms with van der Waals surface area (Å²) >= 11 is 6.61. The van der Waals surface area contributed by atoms with E-state index in [1.165, 1.54) is 10.7 Å². The Morgan fingerprint density at radius 3 is 2.41 bits per heavy atom. The zero-order valence-electron chi connectivity index (χ0n) is 30.0. The summed E-state index contributed by atoms with van der Waals surface area (Å²) in [5, 5.41) is 18.1. The summed E-state index contributed by atoms with van der Waals surface area (Å²) in [7, 11) is -0.382. The molecule has 0 bridgehead atoms. The number of aliphatic hydroxyl groups excluding tert-OH is 1. The number of aliphatic hydroxyl groups is 1. The van der Waals surface area contributed by atoms with Gasteiger partial charge in [-0.25, -0.2) is 22.2 Å². The SMILES string of the molecule is CN(CCO)c1ccc(-c2ccc(Cl)c3c(CS(C)(=O)=O)nn(C)c23)c([C@@H](CC(=O)Cn2nc(C(F)(F)F)c3c2C(F)(F)[C@@H]2C[C@H]32)Cc2cc(F)cc(F)c2)n1. The molecule has 1 saturated carbocycles. The Kier molecular flexibility index (Phi) is 10.0. The molecule has 0 saturated heterocycles. The number of anilines is 1. The molecule has 0 unspecified atom stereocenters. The topological polar surface area (TPSA) is 123 Å². The number of likely N-dealkylation sites (N-methyl/N-ethyl adjacent to an activating group) is 1. The van der Waals surface area contributed by atoms with Crippen LogP contribution in [0.1, 0.15) is 58.6 Å². The third-order valence-electron chi connectivity index (χ3n) is 10.2. The van der Waals surface area contributed by atoms with Crippen LogP contribution < -0.4 is 4.90 Å². The molecule has 2 aromatic carbocycles. The Morgan fingerprint density at radius 1 is 1.09 bits per heavy atom. The van der Waals surface area contributed by atoms with E-state index in [0.29, 0.717) is 38.6 Å². The number of carbonyl (C=O) groups excluding carboxylic acids is 1. The summed E-state index contributed by atoms with van der Waals surface area (Å²) in [6.07, 6.45) is -4.94. The van der Waals surface area contributed by atoms with Crippen LogP contribution in [0.3, 0.4) is 0 Å². The van der Waals surface area contributed by atoms with Gasteiger partial charge in [-0.15, -0.1) is 0 Å². The molecular weight excluding hydrogens is 793 g/mol.